The Kier molecular flexibility index (Phi) is 7.65. The summed E-state index contributed by atoms with van der Waals surface area (Å²) in [7, 11) is 1.57. The van der Waals surface area contributed by atoms with Crippen molar-refractivity contribution < 1.29 is 14.3 Å². The summed E-state index contributed by atoms with van der Waals surface area (Å²) in [5.41, 5.74) is 0. The Balaban J connectivity index is 1.30. The molecule has 2 saturated heterocycles. The van der Waals surface area contributed by atoms with Crippen molar-refractivity contribution in [3.05, 3.63) is 12.3 Å². The zero-order valence-corrected chi connectivity index (χ0v) is 16.2. The summed E-state index contributed by atoms with van der Waals surface area (Å²) in [6.07, 6.45) is 5.36. The molecule has 1 N–H and O–H groups in total. The maximum absolute atomic E-state index is 12.2. The fraction of sp³-hybridized carbons (Fsp3) is 0.737. The van der Waals surface area contributed by atoms with Crippen LogP contribution in [0.1, 0.15) is 25.7 Å². The van der Waals surface area contributed by atoms with E-state index in [2.05, 4.69) is 25.1 Å². The lowest BCUT2D eigenvalue weighted by atomic mass is 9.93. The number of rotatable bonds is 8. The van der Waals surface area contributed by atoms with Gasteiger partial charge in [0.15, 0.2) is 0 Å². The molecule has 0 bridgehead atoms. The summed E-state index contributed by atoms with van der Waals surface area (Å²) < 4.78 is 10.4. The first-order valence-corrected chi connectivity index (χ1v) is 9.93. The molecule has 1 amide bonds. The predicted molar refractivity (Wildman–Crippen MR) is 103 cm³/mol. The molecule has 3 heterocycles. The highest BCUT2D eigenvalue weighted by molar-refractivity contribution is 5.76. The first-order valence-electron chi connectivity index (χ1n) is 9.93. The number of piperidine rings is 1. The normalized spacial score (nSPS) is 19.1. The number of carbonyl (C=O) groups excluding carboxylic acids is 1. The minimum Gasteiger partial charge on any atom is -0.467 e. The summed E-state index contributed by atoms with van der Waals surface area (Å²) in [5.74, 6) is 1.52. The number of nitrogens with zero attached hydrogens (tertiary/aromatic N) is 4. The number of anilines is 1. The van der Waals surface area contributed by atoms with E-state index in [0.29, 0.717) is 18.3 Å². The van der Waals surface area contributed by atoms with Gasteiger partial charge in [-0.2, -0.15) is 4.98 Å². The minimum absolute atomic E-state index is 0.180. The van der Waals surface area contributed by atoms with E-state index in [1.54, 1.807) is 13.3 Å². The summed E-state index contributed by atoms with van der Waals surface area (Å²) >= 11 is 0. The number of aromatic nitrogens is 2. The summed E-state index contributed by atoms with van der Waals surface area (Å²) in [6, 6.07) is 2.30. The van der Waals surface area contributed by atoms with Crippen LogP contribution in [0.4, 0.5) is 5.82 Å². The third-order valence-corrected chi connectivity index (χ3v) is 5.29. The molecule has 0 spiro atoms. The molecular formula is C19H31N5O3. The molecule has 27 heavy (non-hydrogen) atoms. The summed E-state index contributed by atoms with van der Waals surface area (Å²) in [5, 5.41) is 3.08. The third kappa shape index (κ3) is 6.32. The average molecular weight is 377 g/mol. The molecule has 2 aliphatic heterocycles. The topological polar surface area (TPSA) is 79.8 Å². The van der Waals surface area contributed by atoms with Crippen molar-refractivity contribution in [1.82, 2.24) is 20.2 Å². The molecule has 1 aromatic rings. The Hall–Kier alpha value is -1.93. The molecule has 0 aliphatic carbocycles. The smallest absolute Gasteiger partial charge is 0.318 e. The highest BCUT2D eigenvalue weighted by Crippen LogP contribution is 2.24. The number of morpholine rings is 1. The number of nitrogens with one attached hydrogen (secondary N) is 1. The van der Waals surface area contributed by atoms with Crippen LogP contribution in [-0.4, -0.2) is 80.4 Å². The molecule has 2 fully saturated rings. The maximum Gasteiger partial charge on any atom is 0.318 e. The van der Waals surface area contributed by atoms with E-state index >= 15 is 0 Å². The maximum atomic E-state index is 12.2. The van der Waals surface area contributed by atoms with Crippen molar-refractivity contribution in [3.8, 4) is 6.01 Å². The molecule has 2 aliphatic rings. The van der Waals surface area contributed by atoms with Gasteiger partial charge in [-0.25, -0.2) is 4.98 Å². The number of hydrogen-bond donors (Lipinski definition) is 1. The second kappa shape index (κ2) is 10.4. The molecule has 0 saturated carbocycles. The highest BCUT2D eigenvalue weighted by Gasteiger charge is 2.22. The minimum atomic E-state index is 0.180. The van der Waals surface area contributed by atoms with Gasteiger partial charge >= 0.3 is 6.01 Å². The number of carbonyl (C=O) groups is 1. The summed E-state index contributed by atoms with van der Waals surface area (Å²) in [4.78, 5) is 25.3. The zero-order chi connectivity index (χ0) is 18.9. The van der Waals surface area contributed by atoms with Crippen LogP contribution in [0.15, 0.2) is 12.3 Å². The van der Waals surface area contributed by atoms with Gasteiger partial charge in [-0.05, 0) is 37.8 Å². The lowest BCUT2D eigenvalue weighted by molar-refractivity contribution is -0.122. The number of hydrogen-bond acceptors (Lipinski definition) is 7. The Morgan fingerprint density at radius 1 is 1.30 bits per heavy atom. The standard InChI is InChI=1S/C19H31N5O3/c1-26-19-21-7-3-17(22-19)24-9-4-16(5-10-24)15-18(25)20-6-2-8-23-11-13-27-14-12-23/h3,7,16H,2,4-6,8-15H2,1H3,(H,20,25). The molecule has 8 heteroatoms. The van der Waals surface area contributed by atoms with Crippen molar-refractivity contribution >= 4 is 11.7 Å². The lowest BCUT2D eigenvalue weighted by Gasteiger charge is -2.32. The molecule has 0 unspecified atom stereocenters. The monoisotopic (exact) mass is 377 g/mol. The Morgan fingerprint density at radius 3 is 2.81 bits per heavy atom. The first-order chi connectivity index (χ1) is 13.2. The summed E-state index contributed by atoms with van der Waals surface area (Å²) in [6.45, 7) is 7.28. The van der Waals surface area contributed by atoms with Crippen LogP contribution in [0.25, 0.3) is 0 Å². The van der Waals surface area contributed by atoms with Gasteiger partial charge < -0.3 is 19.7 Å². The van der Waals surface area contributed by atoms with Gasteiger partial charge in [-0.15, -0.1) is 0 Å². The number of ether oxygens (including phenoxy) is 2. The van der Waals surface area contributed by atoms with E-state index in [-0.39, 0.29) is 5.91 Å². The first kappa shape index (κ1) is 19.8. The number of amides is 1. The quantitative estimate of drug-likeness (QED) is 0.675. The van der Waals surface area contributed by atoms with Crippen molar-refractivity contribution in [3.63, 3.8) is 0 Å². The molecule has 0 radical (unpaired) electrons. The second-order valence-electron chi connectivity index (χ2n) is 7.19. The van der Waals surface area contributed by atoms with Crippen LogP contribution >= 0.6 is 0 Å². The molecule has 3 rings (SSSR count). The largest absolute Gasteiger partial charge is 0.467 e. The van der Waals surface area contributed by atoms with Crippen LogP contribution in [0.5, 0.6) is 6.01 Å². The van der Waals surface area contributed by atoms with Gasteiger partial charge in [0, 0.05) is 45.3 Å². The molecular weight excluding hydrogens is 346 g/mol. The van der Waals surface area contributed by atoms with E-state index in [1.807, 2.05) is 6.07 Å². The van der Waals surface area contributed by atoms with Gasteiger partial charge in [0.05, 0.1) is 20.3 Å². The predicted octanol–water partition coefficient (Wildman–Crippen LogP) is 0.930. The van der Waals surface area contributed by atoms with Crippen molar-refractivity contribution in [1.29, 1.82) is 0 Å². The van der Waals surface area contributed by atoms with Crippen molar-refractivity contribution in [2.24, 2.45) is 5.92 Å². The van der Waals surface area contributed by atoms with Crippen molar-refractivity contribution in [2.45, 2.75) is 25.7 Å². The van der Waals surface area contributed by atoms with Gasteiger partial charge in [-0.1, -0.05) is 0 Å². The van der Waals surface area contributed by atoms with E-state index < -0.39 is 0 Å². The average Bonchev–Trinajstić information content (AvgIpc) is 2.72. The van der Waals surface area contributed by atoms with Gasteiger partial charge in [0.1, 0.15) is 5.82 Å². The van der Waals surface area contributed by atoms with Gasteiger partial charge in [0.25, 0.3) is 0 Å². The Labute approximate surface area is 161 Å². The Bertz CT molecular complexity index is 586. The van der Waals surface area contributed by atoms with Crippen LogP contribution in [0, 0.1) is 5.92 Å². The van der Waals surface area contributed by atoms with E-state index in [1.165, 1.54) is 0 Å². The highest BCUT2D eigenvalue weighted by atomic mass is 16.5. The molecule has 0 atom stereocenters. The molecule has 0 aromatic carbocycles. The Morgan fingerprint density at radius 2 is 2.07 bits per heavy atom. The third-order valence-electron chi connectivity index (χ3n) is 5.29. The van der Waals surface area contributed by atoms with E-state index in [4.69, 9.17) is 9.47 Å². The van der Waals surface area contributed by atoms with Gasteiger partial charge in [0.2, 0.25) is 5.91 Å². The van der Waals surface area contributed by atoms with Crippen LogP contribution in [0.2, 0.25) is 0 Å². The van der Waals surface area contributed by atoms with Crippen molar-refractivity contribution in [2.75, 3.05) is 64.5 Å². The zero-order valence-electron chi connectivity index (χ0n) is 16.2. The molecule has 150 valence electrons. The second-order valence-corrected chi connectivity index (χ2v) is 7.19. The SMILES string of the molecule is COc1nccc(N2CCC(CC(=O)NCCCN3CCOCC3)CC2)n1. The molecule has 1 aromatic heterocycles. The lowest BCUT2D eigenvalue weighted by Crippen LogP contribution is -2.38. The van der Waals surface area contributed by atoms with Gasteiger partial charge in [-0.3, -0.25) is 9.69 Å². The van der Waals surface area contributed by atoms with E-state index in [0.717, 1.165) is 77.6 Å². The van der Waals surface area contributed by atoms with Crippen LogP contribution < -0.4 is 15.0 Å². The fourth-order valence-corrected chi connectivity index (χ4v) is 3.66. The van der Waals surface area contributed by atoms with Crippen LogP contribution in [0.3, 0.4) is 0 Å². The number of methoxy groups -OCH3 is 1. The van der Waals surface area contributed by atoms with Crippen LogP contribution in [-0.2, 0) is 9.53 Å². The molecule has 8 nitrogen and oxygen atoms in total. The fourth-order valence-electron chi connectivity index (χ4n) is 3.66. The van der Waals surface area contributed by atoms with E-state index in [9.17, 15) is 4.79 Å².